The highest BCUT2D eigenvalue weighted by atomic mass is 32.2. The van der Waals surface area contributed by atoms with Crippen LogP contribution < -0.4 is 0 Å². The monoisotopic (exact) mass is 338 g/mol. The Bertz CT molecular complexity index is 801. The maximum Gasteiger partial charge on any atom is 0.211 e. The smallest absolute Gasteiger partial charge is 0.211 e. The second-order valence-electron chi connectivity index (χ2n) is 5.53. The lowest BCUT2D eigenvalue weighted by atomic mass is 10.1. The molecule has 0 aliphatic carbocycles. The van der Waals surface area contributed by atoms with E-state index in [2.05, 4.69) is 15.0 Å². The number of hydrogen-bond acceptors (Lipinski definition) is 6. The Balaban J connectivity index is 2.03. The molecule has 3 heterocycles. The number of aromatic nitrogens is 3. The van der Waals surface area contributed by atoms with Crippen molar-refractivity contribution in [3.8, 4) is 10.7 Å². The molecule has 1 aliphatic rings. The van der Waals surface area contributed by atoms with Gasteiger partial charge in [-0.3, -0.25) is 0 Å². The van der Waals surface area contributed by atoms with Crippen molar-refractivity contribution in [3.63, 3.8) is 0 Å². The number of nitrogens with zero attached hydrogens (tertiary/aromatic N) is 4. The topological polar surface area (TPSA) is 76.1 Å². The van der Waals surface area contributed by atoms with Crippen LogP contribution in [0.5, 0.6) is 0 Å². The summed E-state index contributed by atoms with van der Waals surface area (Å²) >= 11 is 1.57. The van der Waals surface area contributed by atoms with Gasteiger partial charge in [0.05, 0.1) is 18.0 Å². The van der Waals surface area contributed by atoms with Crippen LogP contribution in [0.15, 0.2) is 12.3 Å². The molecule has 1 fully saturated rings. The molecule has 1 saturated heterocycles. The number of sulfonamides is 1. The summed E-state index contributed by atoms with van der Waals surface area (Å²) in [6, 6.07) is 1.68. The molecule has 0 amide bonds. The van der Waals surface area contributed by atoms with E-state index in [-0.39, 0.29) is 6.04 Å². The lowest BCUT2D eigenvalue weighted by Gasteiger charge is -2.22. The molecular weight excluding hydrogens is 320 g/mol. The fraction of sp³-hybridized carbons (Fsp3) is 0.500. The van der Waals surface area contributed by atoms with Crippen molar-refractivity contribution in [3.05, 3.63) is 28.7 Å². The van der Waals surface area contributed by atoms with E-state index in [1.54, 1.807) is 11.3 Å². The molecule has 8 heteroatoms. The van der Waals surface area contributed by atoms with Gasteiger partial charge in [0, 0.05) is 17.6 Å². The van der Waals surface area contributed by atoms with E-state index >= 15 is 0 Å². The van der Waals surface area contributed by atoms with Crippen LogP contribution in [0, 0.1) is 13.8 Å². The normalized spacial score (nSPS) is 19.7. The highest BCUT2D eigenvalue weighted by Crippen LogP contribution is 2.34. The molecule has 0 unspecified atom stereocenters. The van der Waals surface area contributed by atoms with Crippen LogP contribution in [-0.2, 0) is 10.0 Å². The van der Waals surface area contributed by atoms with E-state index in [4.69, 9.17) is 0 Å². The Morgan fingerprint density at radius 2 is 2.09 bits per heavy atom. The van der Waals surface area contributed by atoms with Gasteiger partial charge in [-0.05, 0) is 32.8 Å². The molecule has 2 aromatic heterocycles. The van der Waals surface area contributed by atoms with E-state index in [0.717, 1.165) is 34.1 Å². The molecule has 22 heavy (non-hydrogen) atoms. The fourth-order valence-corrected chi connectivity index (χ4v) is 4.64. The molecule has 3 rings (SSSR count). The third kappa shape index (κ3) is 3.04. The summed E-state index contributed by atoms with van der Waals surface area (Å²) in [7, 11) is -3.23. The largest absolute Gasteiger partial charge is 0.243 e. The summed E-state index contributed by atoms with van der Waals surface area (Å²) in [6.45, 7) is 4.38. The number of hydrogen-bond donors (Lipinski definition) is 0. The second kappa shape index (κ2) is 5.68. The molecule has 0 bridgehead atoms. The van der Waals surface area contributed by atoms with Crippen LogP contribution in [0.4, 0.5) is 0 Å². The van der Waals surface area contributed by atoms with Crippen molar-refractivity contribution < 1.29 is 8.42 Å². The van der Waals surface area contributed by atoms with Gasteiger partial charge in [-0.1, -0.05) is 0 Å². The molecule has 0 radical (unpaired) electrons. The summed E-state index contributed by atoms with van der Waals surface area (Å²) in [5.41, 5.74) is 1.53. The molecule has 0 spiro atoms. The van der Waals surface area contributed by atoms with Crippen LogP contribution in [0.25, 0.3) is 10.7 Å². The molecule has 118 valence electrons. The zero-order valence-corrected chi connectivity index (χ0v) is 14.4. The van der Waals surface area contributed by atoms with E-state index in [9.17, 15) is 8.42 Å². The first kappa shape index (κ1) is 15.5. The molecule has 1 aliphatic heterocycles. The van der Waals surface area contributed by atoms with Gasteiger partial charge in [0.15, 0.2) is 0 Å². The number of thiazole rings is 1. The van der Waals surface area contributed by atoms with Crippen LogP contribution in [0.1, 0.15) is 35.3 Å². The van der Waals surface area contributed by atoms with Crippen LogP contribution >= 0.6 is 11.3 Å². The summed E-state index contributed by atoms with van der Waals surface area (Å²) in [4.78, 5) is 14.4. The SMILES string of the molecule is Cc1nc(-c2ncc(C)s2)cc([C@H]2CCCN2S(C)(=O)=O)n1. The van der Waals surface area contributed by atoms with Gasteiger partial charge in [0.25, 0.3) is 0 Å². The minimum Gasteiger partial charge on any atom is -0.243 e. The minimum atomic E-state index is -3.23. The van der Waals surface area contributed by atoms with Gasteiger partial charge in [0.1, 0.15) is 16.5 Å². The van der Waals surface area contributed by atoms with Crippen molar-refractivity contribution in [1.82, 2.24) is 19.3 Å². The Morgan fingerprint density at radius 1 is 1.32 bits per heavy atom. The molecule has 0 saturated carbocycles. The Kier molecular flexibility index (Phi) is 4.00. The van der Waals surface area contributed by atoms with Crippen molar-refractivity contribution in [2.75, 3.05) is 12.8 Å². The van der Waals surface area contributed by atoms with Gasteiger partial charge in [-0.15, -0.1) is 11.3 Å². The molecular formula is C14H18N4O2S2. The van der Waals surface area contributed by atoms with Crippen molar-refractivity contribution in [2.24, 2.45) is 0 Å². The molecule has 1 atom stereocenters. The first-order valence-electron chi connectivity index (χ1n) is 7.10. The molecule has 0 aromatic carbocycles. The summed E-state index contributed by atoms with van der Waals surface area (Å²) in [5.74, 6) is 0.640. The summed E-state index contributed by atoms with van der Waals surface area (Å²) < 4.78 is 25.4. The van der Waals surface area contributed by atoms with Gasteiger partial charge in [-0.25, -0.2) is 23.4 Å². The van der Waals surface area contributed by atoms with Gasteiger partial charge in [0.2, 0.25) is 10.0 Å². The van der Waals surface area contributed by atoms with E-state index in [0.29, 0.717) is 12.4 Å². The van der Waals surface area contributed by atoms with Gasteiger partial charge >= 0.3 is 0 Å². The standard InChI is InChI=1S/C14H18N4O2S2/c1-9-8-15-14(21-9)12-7-11(16-10(2)17-12)13-5-4-6-18(13)22(3,19)20/h7-8,13H,4-6H2,1-3H3/t13-/m1/s1. The van der Waals surface area contributed by atoms with Gasteiger partial charge < -0.3 is 0 Å². The average Bonchev–Trinajstić information content (AvgIpc) is 3.05. The molecule has 2 aromatic rings. The molecule has 0 N–H and O–H groups in total. The van der Waals surface area contributed by atoms with Crippen LogP contribution in [-0.4, -0.2) is 40.5 Å². The van der Waals surface area contributed by atoms with E-state index < -0.39 is 10.0 Å². The highest BCUT2D eigenvalue weighted by Gasteiger charge is 2.34. The Hall–Kier alpha value is -1.38. The average molecular weight is 338 g/mol. The van der Waals surface area contributed by atoms with Crippen molar-refractivity contribution >= 4 is 21.4 Å². The first-order valence-corrected chi connectivity index (χ1v) is 9.76. The minimum absolute atomic E-state index is 0.198. The zero-order valence-electron chi connectivity index (χ0n) is 12.8. The van der Waals surface area contributed by atoms with Crippen molar-refractivity contribution in [2.45, 2.75) is 32.7 Å². The zero-order chi connectivity index (χ0) is 15.9. The second-order valence-corrected chi connectivity index (χ2v) is 8.70. The fourth-order valence-electron chi connectivity index (χ4n) is 2.78. The number of aryl methyl sites for hydroxylation is 2. The summed E-state index contributed by atoms with van der Waals surface area (Å²) in [5, 5.41) is 0.841. The third-order valence-corrected chi connectivity index (χ3v) is 5.89. The van der Waals surface area contributed by atoms with E-state index in [1.165, 1.54) is 10.6 Å². The van der Waals surface area contributed by atoms with E-state index in [1.807, 2.05) is 26.1 Å². The first-order chi connectivity index (χ1) is 10.3. The Morgan fingerprint density at radius 3 is 2.73 bits per heavy atom. The van der Waals surface area contributed by atoms with Crippen molar-refractivity contribution in [1.29, 1.82) is 0 Å². The highest BCUT2D eigenvalue weighted by molar-refractivity contribution is 7.88. The molecule has 6 nitrogen and oxygen atoms in total. The van der Waals surface area contributed by atoms with Gasteiger partial charge in [-0.2, -0.15) is 4.31 Å². The van der Waals surface area contributed by atoms with Crippen LogP contribution in [0.3, 0.4) is 0 Å². The maximum atomic E-state index is 11.9. The third-order valence-electron chi connectivity index (χ3n) is 3.67. The Labute approximate surface area is 134 Å². The maximum absolute atomic E-state index is 11.9. The summed E-state index contributed by atoms with van der Waals surface area (Å²) in [6.07, 6.45) is 4.71. The quantitative estimate of drug-likeness (QED) is 0.858. The lowest BCUT2D eigenvalue weighted by Crippen LogP contribution is -2.30. The lowest BCUT2D eigenvalue weighted by molar-refractivity contribution is 0.393. The predicted molar refractivity (Wildman–Crippen MR) is 86.1 cm³/mol. The number of rotatable bonds is 3. The predicted octanol–water partition coefficient (Wildman–Crippen LogP) is 2.31. The van der Waals surface area contributed by atoms with Crippen LogP contribution in [0.2, 0.25) is 0 Å².